The number of carbonyl (C=O) groups is 2. The minimum Gasteiger partial charge on any atom is -0.465 e. The van der Waals surface area contributed by atoms with Gasteiger partial charge in [-0.1, -0.05) is 47.6 Å². The molecule has 2 rings (SSSR count). The molecule has 0 aliphatic rings. The van der Waals surface area contributed by atoms with Gasteiger partial charge in [-0.15, -0.1) is 0 Å². The smallest absolute Gasteiger partial charge is 0.339 e. The van der Waals surface area contributed by atoms with Crippen LogP contribution in [0.15, 0.2) is 59.8 Å². The number of carbonyl (C=O) groups excluding carboxylic acids is 2. The van der Waals surface area contributed by atoms with E-state index >= 15 is 0 Å². The van der Waals surface area contributed by atoms with E-state index in [4.69, 9.17) is 4.84 Å². The first-order chi connectivity index (χ1) is 11.6. The third kappa shape index (κ3) is 4.67. The molecule has 0 saturated heterocycles. The molecule has 0 radical (unpaired) electrons. The van der Waals surface area contributed by atoms with Gasteiger partial charge in [0.1, 0.15) is 0 Å². The van der Waals surface area contributed by atoms with Crippen LogP contribution < -0.4 is 5.32 Å². The number of esters is 1. The lowest BCUT2D eigenvalue weighted by atomic mass is 10.1. The molecular formula is C18H18N2O4. The van der Waals surface area contributed by atoms with Crippen molar-refractivity contribution in [1.82, 2.24) is 0 Å². The van der Waals surface area contributed by atoms with Crippen molar-refractivity contribution in [2.75, 3.05) is 19.0 Å². The van der Waals surface area contributed by atoms with Crippen molar-refractivity contribution in [3.8, 4) is 0 Å². The number of nitrogens with one attached hydrogen (secondary N) is 1. The normalized spacial score (nSPS) is 10.8. The number of benzene rings is 2. The van der Waals surface area contributed by atoms with Crippen LogP contribution in [0.25, 0.3) is 0 Å². The summed E-state index contributed by atoms with van der Waals surface area (Å²) >= 11 is 0. The van der Waals surface area contributed by atoms with E-state index in [0.717, 1.165) is 5.56 Å². The number of nitrogens with zero attached hydrogens (tertiary/aromatic N) is 1. The molecule has 1 amide bonds. The zero-order valence-electron chi connectivity index (χ0n) is 13.5. The maximum Gasteiger partial charge on any atom is 0.339 e. The molecule has 0 aliphatic carbocycles. The van der Waals surface area contributed by atoms with Gasteiger partial charge in [0.05, 0.1) is 24.1 Å². The highest BCUT2D eigenvalue weighted by Crippen LogP contribution is 2.15. The van der Waals surface area contributed by atoms with E-state index in [1.165, 1.54) is 7.11 Å². The van der Waals surface area contributed by atoms with Gasteiger partial charge in [0.25, 0.3) is 5.91 Å². The standard InChI is InChI=1S/C18H18N2O4/c1-13(14-8-4-3-5-9-14)20-24-12-17(21)19-16-11-7-6-10-15(16)18(22)23-2/h3-11H,12H2,1-2H3,(H,19,21)/b20-13+. The van der Waals surface area contributed by atoms with Crippen LogP contribution in [-0.2, 0) is 14.4 Å². The first kappa shape index (κ1) is 17.2. The highest BCUT2D eigenvalue weighted by atomic mass is 16.6. The van der Waals surface area contributed by atoms with E-state index in [9.17, 15) is 9.59 Å². The monoisotopic (exact) mass is 326 g/mol. The van der Waals surface area contributed by atoms with Gasteiger partial charge in [-0.3, -0.25) is 4.79 Å². The van der Waals surface area contributed by atoms with Gasteiger partial charge in [0.2, 0.25) is 0 Å². The molecule has 0 atom stereocenters. The van der Waals surface area contributed by atoms with Gasteiger partial charge in [0, 0.05) is 0 Å². The second kappa shape index (κ2) is 8.47. The lowest BCUT2D eigenvalue weighted by Crippen LogP contribution is -2.19. The number of ether oxygens (including phenoxy) is 1. The summed E-state index contributed by atoms with van der Waals surface area (Å²) in [6.07, 6.45) is 0. The van der Waals surface area contributed by atoms with E-state index in [1.807, 2.05) is 30.3 Å². The van der Waals surface area contributed by atoms with Crippen molar-refractivity contribution in [3.63, 3.8) is 0 Å². The average molecular weight is 326 g/mol. The van der Waals surface area contributed by atoms with Gasteiger partial charge in [-0.25, -0.2) is 4.79 Å². The fourth-order valence-corrected chi connectivity index (χ4v) is 1.99. The van der Waals surface area contributed by atoms with Gasteiger partial charge < -0.3 is 14.9 Å². The molecule has 0 fully saturated rings. The fraction of sp³-hybridized carbons (Fsp3) is 0.167. The van der Waals surface area contributed by atoms with E-state index in [2.05, 4.69) is 15.2 Å². The second-order valence-electron chi connectivity index (χ2n) is 4.90. The van der Waals surface area contributed by atoms with Crippen LogP contribution in [0, 0.1) is 0 Å². The predicted molar refractivity (Wildman–Crippen MR) is 91.0 cm³/mol. The Morgan fingerprint density at radius 1 is 1.04 bits per heavy atom. The molecule has 2 aromatic rings. The molecule has 0 spiro atoms. The Labute approximate surface area is 140 Å². The molecule has 0 bridgehead atoms. The minimum atomic E-state index is -0.523. The number of hydrogen-bond donors (Lipinski definition) is 1. The Morgan fingerprint density at radius 2 is 1.71 bits per heavy atom. The van der Waals surface area contributed by atoms with Gasteiger partial charge in [-0.2, -0.15) is 0 Å². The molecular weight excluding hydrogens is 308 g/mol. The summed E-state index contributed by atoms with van der Waals surface area (Å²) < 4.78 is 4.68. The number of oxime groups is 1. The van der Waals surface area contributed by atoms with Crippen molar-refractivity contribution in [2.45, 2.75) is 6.92 Å². The first-order valence-electron chi connectivity index (χ1n) is 7.31. The molecule has 0 aromatic heterocycles. The summed E-state index contributed by atoms with van der Waals surface area (Å²) in [6, 6.07) is 16.1. The Morgan fingerprint density at radius 3 is 2.42 bits per heavy atom. The number of hydrogen-bond acceptors (Lipinski definition) is 5. The summed E-state index contributed by atoms with van der Waals surface area (Å²) in [5.41, 5.74) is 2.21. The van der Waals surface area contributed by atoms with Crippen molar-refractivity contribution in [1.29, 1.82) is 0 Å². The number of amides is 1. The number of para-hydroxylation sites is 1. The van der Waals surface area contributed by atoms with Crippen molar-refractivity contribution >= 4 is 23.3 Å². The zero-order chi connectivity index (χ0) is 17.4. The predicted octanol–water partition coefficient (Wildman–Crippen LogP) is 2.85. The topological polar surface area (TPSA) is 77.0 Å². The van der Waals surface area contributed by atoms with Crippen molar-refractivity contribution in [2.24, 2.45) is 5.16 Å². The van der Waals surface area contributed by atoms with Crippen molar-refractivity contribution < 1.29 is 19.2 Å². The van der Waals surface area contributed by atoms with Crippen molar-refractivity contribution in [3.05, 3.63) is 65.7 Å². The van der Waals surface area contributed by atoms with Crippen LogP contribution in [0.1, 0.15) is 22.8 Å². The molecule has 6 nitrogen and oxygen atoms in total. The number of methoxy groups -OCH3 is 1. The van der Waals surface area contributed by atoms with E-state index in [1.54, 1.807) is 31.2 Å². The van der Waals surface area contributed by atoms with E-state index < -0.39 is 11.9 Å². The Balaban J connectivity index is 1.94. The number of rotatable bonds is 6. The largest absolute Gasteiger partial charge is 0.465 e. The average Bonchev–Trinajstić information content (AvgIpc) is 2.62. The van der Waals surface area contributed by atoms with E-state index in [-0.39, 0.29) is 12.2 Å². The second-order valence-corrected chi connectivity index (χ2v) is 4.90. The van der Waals surface area contributed by atoms with E-state index in [0.29, 0.717) is 11.4 Å². The summed E-state index contributed by atoms with van der Waals surface area (Å²) in [5, 5.41) is 6.52. The lowest BCUT2D eigenvalue weighted by Gasteiger charge is -2.09. The molecule has 0 unspecified atom stereocenters. The zero-order valence-corrected chi connectivity index (χ0v) is 13.5. The van der Waals surface area contributed by atoms with Crippen LogP contribution in [0.5, 0.6) is 0 Å². The maximum absolute atomic E-state index is 11.9. The van der Waals surface area contributed by atoms with Crippen LogP contribution >= 0.6 is 0 Å². The Bertz CT molecular complexity index is 742. The summed E-state index contributed by atoms with van der Waals surface area (Å²) in [6.45, 7) is 1.53. The number of anilines is 1. The van der Waals surface area contributed by atoms with Crippen LogP contribution in [0.3, 0.4) is 0 Å². The maximum atomic E-state index is 11.9. The Hall–Kier alpha value is -3.15. The molecule has 0 saturated carbocycles. The van der Waals surface area contributed by atoms with Gasteiger partial charge in [-0.05, 0) is 24.6 Å². The summed E-state index contributed by atoms with van der Waals surface area (Å²) in [5.74, 6) is -0.944. The highest BCUT2D eigenvalue weighted by molar-refractivity contribution is 6.01. The molecule has 124 valence electrons. The molecule has 0 aliphatic heterocycles. The van der Waals surface area contributed by atoms with Gasteiger partial charge >= 0.3 is 5.97 Å². The molecule has 24 heavy (non-hydrogen) atoms. The highest BCUT2D eigenvalue weighted by Gasteiger charge is 2.13. The molecule has 2 aromatic carbocycles. The third-order valence-electron chi connectivity index (χ3n) is 3.20. The Kier molecular flexibility index (Phi) is 6.08. The van der Waals surface area contributed by atoms with Crippen LogP contribution in [0.4, 0.5) is 5.69 Å². The fourth-order valence-electron chi connectivity index (χ4n) is 1.99. The minimum absolute atomic E-state index is 0.264. The molecule has 0 heterocycles. The summed E-state index contributed by atoms with van der Waals surface area (Å²) in [7, 11) is 1.28. The molecule has 1 N–H and O–H groups in total. The van der Waals surface area contributed by atoms with Crippen LogP contribution in [0.2, 0.25) is 0 Å². The summed E-state index contributed by atoms with van der Waals surface area (Å²) in [4.78, 5) is 28.7. The molecule has 6 heteroatoms. The quantitative estimate of drug-likeness (QED) is 0.503. The first-order valence-corrected chi connectivity index (χ1v) is 7.31. The third-order valence-corrected chi connectivity index (χ3v) is 3.20. The SMILES string of the molecule is COC(=O)c1ccccc1NC(=O)CO/N=C(\C)c1ccccc1. The van der Waals surface area contributed by atoms with Crippen LogP contribution in [-0.4, -0.2) is 31.3 Å². The van der Waals surface area contributed by atoms with Gasteiger partial charge in [0.15, 0.2) is 6.61 Å². The lowest BCUT2D eigenvalue weighted by molar-refractivity contribution is -0.120.